The van der Waals surface area contributed by atoms with Gasteiger partial charge in [-0.05, 0) is 42.0 Å². The lowest BCUT2D eigenvalue weighted by atomic mass is 10.2. The summed E-state index contributed by atoms with van der Waals surface area (Å²) in [7, 11) is 0. The Balaban J connectivity index is 1.39. The number of nitrogens with one attached hydrogen (secondary N) is 1. The predicted octanol–water partition coefficient (Wildman–Crippen LogP) is 2.29. The maximum Gasteiger partial charge on any atom is 0.419 e. The fourth-order valence-electron chi connectivity index (χ4n) is 2.69. The van der Waals surface area contributed by atoms with Crippen LogP contribution in [0.25, 0.3) is 11.3 Å². The summed E-state index contributed by atoms with van der Waals surface area (Å²) in [6, 6.07) is 10.9. The Kier molecular flexibility index (Phi) is 4.37. The van der Waals surface area contributed by atoms with E-state index in [0.29, 0.717) is 17.1 Å². The molecule has 8 heteroatoms. The Hall–Kier alpha value is -3.55. The lowest BCUT2D eigenvalue weighted by molar-refractivity contribution is -0.121. The highest BCUT2D eigenvalue weighted by molar-refractivity contribution is 5.75. The molecule has 7 nitrogen and oxygen atoms in total. The molecule has 0 bridgehead atoms. The van der Waals surface area contributed by atoms with Gasteiger partial charge in [-0.25, -0.2) is 9.18 Å². The minimum absolute atomic E-state index is 0.185. The minimum atomic E-state index is -0.660. The fourth-order valence-corrected chi connectivity index (χ4v) is 2.69. The summed E-state index contributed by atoms with van der Waals surface area (Å²) >= 11 is 0. The molecule has 1 aromatic heterocycles. The highest BCUT2D eigenvalue weighted by atomic mass is 19.1. The predicted molar refractivity (Wildman–Crippen MR) is 92.8 cm³/mol. The van der Waals surface area contributed by atoms with Crippen LogP contribution in [0.1, 0.15) is 5.56 Å². The van der Waals surface area contributed by atoms with Crippen molar-refractivity contribution in [3.05, 3.63) is 70.6 Å². The van der Waals surface area contributed by atoms with Crippen LogP contribution in [0.4, 0.5) is 4.39 Å². The number of benzene rings is 2. The lowest BCUT2D eigenvalue weighted by Gasteiger charge is -2.06. The smallest absolute Gasteiger partial charge is 0.419 e. The number of fused-ring (bicyclic) bond motifs is 1. The van der Waals surface area contributed by atoms with Gasteiger partial charge in [-0.3, -0.25) is 9.36 Å². The summed E-state index contributed by atoms with van der Waals surface area (Å²) < 4.78 is 29.8. The van der Waals surface area contributed by atoms with Gasteiger partial charge in [0, 0.05) is 12.1 Å². The number of carbonyl (C=O) groups is 1. The molecule has 3 aromatic rings. The molecule has 2 heterocycles. The third kappa shape index (κ3) is 3.69. The van der Waals surface area contributed by atoms with Gasteiger partial charge in [0.2, 0.25) is 12.7 Å². The number of hydrogen-bond acceptors (Lipinski definition) is 5. The number of carbonyl (C=O) groups excluding carboxylic acids is 1. The third-order valence-electron chi connectivity index (χ3n) is 4.07. The number of ether oxygens (including phenoxy) is 2. The molecular weight excluding hydrogens is 355 g/mol. The molecule has 0 atom stereocenters. The molecule has 1 aliphatic rings. The number of oxazole rings is 1. The van der Waals surface area contributed by atoms with E-state index in [1.165, 1.54) is 30.5 Å². The highest BCUT2D eigenvalue weighted by Gasteiger charge is 2.14. The van der Waals surface area contributed by atoms with E-state index in [4.69, 9.17) is 13.9 Å². The zero-order chi connectivity index (χ0) is 18.8. The second-order valence-corrected chi connectivity index (χ2v) is 5.96. The maximum absolute atomic E-state index is 13.0. The first-order valence-electron chi connectivity index (χ1n) is 8.20. The number of halogens is 1. The molecule has 0 spiro atoms. The summed E-state index contributed by atoms with van der Waals surface area (Å²) in [6.07, 6.45) is 1.43. The van der Waals surface area contributed by atoms with E-state index in [-0.39, 0.29) is 37.4 Å². The Morgan fingerprint density at radius 1 is 1.11 bits per heavy atom. The number of nitrogens with zero attached hydrogens (tertiary/aromatic N) is 1. The lowest BCUT2D eigenvalue weighted by Crippen LogP contribution is -2.30. The first-order chi connectivity index (χ1) is 13.1. The molecule has 1 amide bonds. The van der Waals surface area contributed by atoms with Crippen molar-refractivity contribution in [1.82, 2.24) is 9.88 Å². The second kappa shape index (κ2) is 6.99. The molecule has 27 heavy (non-hydrogen) atoms. The van der Waals surface area contributed by atoms with Gasteiger partial charge in [0.1, 0.15) is 12.4 Å². The number of amides is 1. The van der Waals surface area contributed by atoms with Crippen LogP contribution in [0.15, 0.2) is 57.9 Å². The molecule has 4 rings (SSSR count). The van der Waals surface area contributed by atoms with Crippen LogP contribution in [0.5, 0.6) is 11.5 Å². The quantitative estimate of drug-likeness (QED) is 0.745. The monoisotopic (exact) mass is 370 g/mol. The van der Waals surface area contributed by atoms with Gasteiger partial charge in [-0.1, -0.05) is 6.07 Å². The fraction of sp³-hybridized carbons (Fsp3) is 0.158. The summed E-state index contributed by atoms with van der Waals surface area (Å²) in [4.78, 5) is 24.1. The van der Waals surface area contributed by atoms with Gasteiger partial charge in [0.15, 0.2) is 17.3 Å². The molecule has 1 N–H and O–H groups in total. The number of hydrogen-bond donors (Lipinski definition) is 1. The van der Waals surface area contributed by atoms with Gasteiger partial charge < -0.3 is 19.2 Å². The van der Waals surface area contributed by atoms with Crippen molar-refractivity contribution in [2.45, 2.75) is 13.1 Å². The summed E-state index contributed by atoms with van der Waals surface area (Å²) in [5.41, 5.74) is 1.40. The van der Waals surface area contributed by atoms with E-state index in [1.807, 2.05) is 6.07 Å². The Bertz CT molecular complexity index is 1040. The standard InChI is InChI=1S/C19H15FN2O5/c20-14-4-2-13(3-5-14)17-9-22(19(24)27-17)10-18(23)21-8-12-1-6-15-16(7-12)26-11-25-15/h1-7,9H,8,10-11H2,(H,21,23). The van der Waals surface area contributed by atoms with E-state index < -0.39 is 5.76 Å². The first-order valence-corrected chi connectivity index (χ1v) is 8.20. The second-order valence-electron chi connectivity index (χ2n) is 5.96. The average Bonchev–Trinajstić information content (AvgIpc) is 3.27. The Labute approximate surface area is 152 Å². The minimum Gasteiger partial charge on any atom is -0.454 e. The molecule has 1 aliphatic heterocycles. The van der Waals surface area contributed by atoms with Crippen LogP contribution >= 0.6 is 0 Å². The van der Waals surface area contributed by atoms with Crippen molar-refractivity contribution in [2.24, 2.45) is 0 Å². The van der Waals surface area contributed by atoms with Gasteiger partial charge in [-0.15, -0.1) is 0 Å². The van der Waals surface area contributed by atoms with Crippen LogP contribution in [0, 0.1) is 5.82 Å². The SMILES string of the molecule is O=C(Cn1cc(-c2ccc(F)cc2)oc1=O)NCc1ccc2c(c1)OCO2. The number of aromatic nitrogens is 1. The molecule has 0 radical (unpaired) electrons. The number of rotatable bonds is 5. The Morgan fingerprint density at radius 2 is 1.89 bits per heavy atom. The van der Waals surface area contributed by atoms with Gasteiger partial charge in [0.05, 0.1) is 6.20 Å². The maximum atomic E-state index is 13.0. The molecule has 0 saturated heterocycles. The van der Waals surface area contributed by atoms with Crippen LogP contribution in [0.2, 0.25) is 0 Å². The van der Waals surface area contributed by atoms with E-state index in [2.05, 4.69) is 5.32 Å². The van der Waals surface area contributed by atoms with Crippen LogP contribution in [0.3, 0.4) is 0 Å². The summed E-state index contributed by atoms with van der Waals surface area (Å²) in [5, 5.41) is 2.74. The van der Waals surface area contributed by atoms with Crippen molar-refractivity contribution in [3.8, 4) is 22.8 Å². The van der Waals surface area contributed by atoms with Crippen molar-refractivity contribution in [1.29, 1.82) is 0 Å². The topological polar surface area (TPSA) is 82.7 Å². The average molecular weight is 370 g/mol. The van der Waals surface area contributed by atoms with Crippen molar-refractivity contribution < 1.29 is 23.1 Å². The van der Waals surface area contributed by atoms with Crippen molar-refractivity contribution in [2.75, 3.05) is 6.79 Å². The molecule has 0 saturated carbocycles. The summed E-state index contributed by atoms with van der Waals surface area (Å²) in [6.45, 7) is 0.284. The largest absolute Gasteiger partial charge is 0.454 e. The highest BCUT2D eigenvalue weighted by Crippen LogP contribution is 2.32. The molecule has 138 valence electrons. The van der Waals surface area contributed by atoms with Gasteiger partial charge in [0.25, 0.3) is 0 Å². The van der Waals surface area contributed by atoms with E-state index in [1.54, 1.807) is 12.1 Å². The normalized spacial score (nSPS) is 12.2. The zero-order valence-corrected chi connectivity index (χ0v) is 14.1. The van der Waals surface area contributed by atoms with E-state index in [0.717, 1.165) is 10.1 Å². The summed E-state index contributed by atoms with van der Waals surface area (Å²) in [5.74, 6) is 0.181. The van der Waals surface area contributed by atoms with Gasteiger partial charge >= 0.3 is 5.76 Å². The molecule has 0 aliphatic carbocycles. The van der Waals surface area contributed by atoms with Crippen molar-refractivity contribution in [3.63, 3.8) is 0 Å². The molecule has 2 aromatic carbocycles. The molecular formula is C19H15FN2O5. The third-order valence-corrected chi connectivity index (χ3v) is 4.07. The molecule has 0 unspecified atom stereocenters. The van der Waals surface area contributed by atoms with Gasteiger partial charge in [-0.2, -0.15) is 0 Å². The zero-order valence-electron chi connectivity index (χ0n) is 14.1. The van der Waals surface area contributed by atoms with Crippen LogP contribution in [-0.4, -0.2) is 17.3 Å². The van der Waals surface area contributed by atoms with Crippen molar-refractivity contribution >= 4 is 5.91 Å². The van der Waals surface area contributed by atoms with Crippen LogP contribution < -0.4 is 20.5 Å². The van der Waals surface area contributed by atoms with Crippen LogP contribution in [-0.2, 0) is 17.9 Å². The molecule has 0 fully saturated rings. The Morgan fingerprint density at radius 3 is 2.70 bits per heavy atom. The first kappa shape index (κ1) is 16.9. The van der Waals surface area contributed by atoms with E-state index >= 15 is 0 Å². The van der Waals surface area contributed by atoms with E-state index in [9.17, 15) is 14.0 Å².